The van der Waals surface area contributed by atoms with E-state index in [0.717, 1.165) is 50.5 Å². The van der Waals surface area contributed by atoms with Crippen molar-refractivity contribution in [1.29, 1.82) is 0 Å². The van der Waals surface area contributed by atoms with Crippen LogP contribution in [-0.4, -0.2) is 33.6 Å². The van der Waals surface area contributed by atoms with Gasteiger partial charge in [-0.15, -0.1) is 0 Å². The minimum Gasteiger partial charge on any atom is -0.431 e. The first-order chi connectivity index (χ1) is 13.7. The average Bonchev–Trinajstić information content (AvgIpc) is 3.33. The molecule has 6 rings (SSSR count). The van der Waals surface area contributed by atoms with Crippen LogP contribution >= 0.6 is 0 Å². The van der Waals surface area contributed by atoms with Gasteiger partial charge in [-0.1, -0.05) is 13.8 Å². The van der Waals surface area contributed by atoms with Gasteiger partial charge >= 0.3 is 5.63 Å². The molecule has 2 N–H and O–H groups in total. The highest BCUT2D eigenvalue weighted by Gasteiger charge is 2.81. The maximum atomic E-state index is 11.8. The molecule has 0 aromatic carbocycles. The van der Waals surface area contributed by atoms with Crippen LogP contribution in [0.4, 0.5) is 0 Å². The monoisotopic (exact) mass is 400 g/mol. The third-order valence-electron chi connectivity index (χ3n) is 10.3. The van der Waals surface area contributed by atoms with Gasteiger partial charge in [0.1, 0.15) is 5.60 Å². The molecule has 1 spiro atoms. The van der Waals surface area contributed by atoms with Crippen molar-refractivity contribution in [2.45, 2.75) is 94.5 Å². The highest BCUT2D eigenvalue weighted by Crippen LogP contribution is 2.78. The first-order valence-corrected chi connectivity index (χ1v) is 11.4. The number of aliphatic hydroxyl groups excluding tert-OH is 1. The van der Waals surface area contributed by atoms with Gasteiger partial charge < -0.3 is 19.4 Å². The predicted molar refractivity (Wildman–Crippen MR) is 106 cm³/mol. The van der Waals surface area contributed by atoms with Gasteiger partial charge in [0.15, 0.2) is 0 Å². The first kappa shape index (κ1) is 18.6. The summed E-state index contributed by atoms with van der Waals surface area (Å²) >= 11 is 0. The molecule has 1 saturated heterocycles. The van der Waals surface area contributed by atoms with Gasteiger partial charge in [0, 0.05) is 17.9 Å². The number of ether oxygens (including phenoxy) is 1. The zero-order chi connectivity index (χ0) is 20.2. The molecule has 1 aromatic rings. The van der Waals surface area contributed by atoms with Crippen LogP contribution in [0.1, 0.15) is 76.7 Å². The maximum absolute atomic E-state index is 11.8. The summed E-state index contributed by atoms with van der Waals surface area (Å²) in [6.45, 7) is 4.66. The predicted octanol–water partition coefficient (Wildman–Crippen LogP) is 3.37. The molecular weight excluding hydrogens is 368 g/mol. The Morgan fingerprint density at radius 1 is 1.07 bits per heavy atom. The number of rotatable bonds is 1. The fourth-order valence-electron chi connectivity index (χ4n) is 8.78. The molecule has 0 radical (unpaired) electrons. The van der Waals surface area contributed by atoms with Crippen LogP contribution in [0.5, 0.6) is 0 Å². The molecule has 4 aliphatic carbocycles. The van der Waals surface area contributed by atoms with Crippen molar-refractivity contribution in [3.63, 3.8) is 0 Å². The molecule has 1 aromatic heterocycles. The Morgan fingerprint density at radius 3 is 2.62 bits per heavy atom. The summed E-state index contributed by atoms with van der Waals surface area (Å²) in [5.41, 5.74) is -0.170. The molecule has 29 heavy (non-hydrogen) atoms. The van der Waals surface area contributed by atoms with Gasteiger partial charge in [-0.25, -0.2) is 4.79 Å². The summed E-state index contributed by atoms with van der Waals surface area (Å²) in [6, 6.07) is 3.63. The Labute approximate surface area is 171 Å². The van der Waals surface area contributed by atoms with Crippen LogP contribution in [0.25, 0.3) is 0 Å². The Hall–Kier alpha value is -1.17. The van der Waals surface area contributed by atoms with Crippen LogP contribution in [-0.2, 0) is 4.74 Å². The molecule has 5 aliphatic rings. The summed E-state index contributed by atoms with van der Waals surface area (Å²) in [5, 5.41) is 21.8. The molecule has 4 unspecified atom stereocenters. The molecule has 9 atom stereocenters. The van der Waals surface area contributed by atoms with Gasteiger partial charge in [-0.05, 0) is 79.7 Å². The number of hydrogen-bond acceptors (Lipinski definition) is 5. The van der Waals surface area contributed by atoms with Gasteiger partial charge in [-0.3, -0.25) is 0 Å². The molecule has 0 amide bonds. The quantitative estimate of drug-likeness (QED) is 0.706. The summed E-state index contributed by atoms with van der Waals surface area (Å²) in [4.78, 5) is 11.8. The van der Waals surface area contributed by atoms with Crippen molar-refractivity contribution in [3.8, 4) is 0 Å². The molecule has 5 heteroatoms. The van der Waals surface area contributed by atoms with E-state index in [1.165, 1.54) is 6.26 Å². The SMILES string of the molecule is C[C@]12CCC3C(CC[C@]4(O)C[C@@H](O)CC[C@]34C)C13OC3C[C@@H]2c1ccoc(=O)c1. The van der Waals surface area contributed by atoms with Crippen molar-refractivity contribution in [2.24, 2.45) is 22.7 Å². The topological polar surface area (TPSA) is 83.2 Å². The van der Waals surface area contributed by atoms with Crippen molar-refractivity contribution < 1.29 is 19.4 Å². The van der Waals surface area contributed by atoms with Gasteiger partial charge in [0.2, 0.25) is 0 Å². The normalized spacial score (nSPS) is 55.4. The molecule has 5 fully saturated rings. The van der Waals surface area contributed by atoms with E-state index in [9.17, 15) is 15.0 Å². The molecule has 5 nitrogen and oxygen atoms in total. The smallest absolute Gasteiger partial charge is 0.335 e. The van der Waals surface area contributed by atoms with Crippen molar-refractivity contribution in [2.75, 3.05) is 0 Å². The Bertz CT molecular complexity index is 911. The second kappa shape index (κ2) is 5.54. The molecule has 2 heterocycles. The highest BCUT2D eigenvalue weighted by atomic mass is 16.6. The summed E-state index contributed by atoms with van der Waals surface area (Å²) in [6.07, 6.45) is 8.48. The zero-order valence-electron chi connectivity index (χ0n) is 17.4. The summed E-state index contributed by atoms with van der Waals surface area (Å²) in [7, 11) is 0. The second-order valence-electron chi connectivity index (χ2n) is 11.1. The van der Waals surface area contributed by atoms with Gasteiger partial charge in [0.05, 0.1) is 24.1 Å². The van der Waals surface area contributed by atoms with Crippen LogP contribution < -0.4 is 5.63 Å². The number of epoxide rings is 1. The summed E-state index contributed by atoms with van der Waals surface area (Å²) < 4.78 is 11.5. The lowest BCUT2D eigenvalue weighted by Gasteiger charge is -2.64. The Balaban J connectivity index is 1.38. The summed E-state index contributed by atoms with van der Waals surface area (Å²) in [5.74, 6) is 1.22. The highest BCUT2D eigenvalue weighted by molar-refractivity contribution is 5.35. The second-order valence-corrected chi connectivity index (χ2v) is 11.1. The van der Waals surface area contributed by atoms with Crippen LogP contribution in [0.3, 0.4) is 0 Å². The van der Waals surface area contributed by atoms with Crippen LogP contribution in [0.15, 0.2) is 27.6 Å². The van der Waals surface area contributed by atoms with Crippen molar-refractivity contribution >= 4 is 0 Å². The van der Waals surface area contributed by atoms with Crippen LogP contribution in [0.2, 0.25) is 0 Å². The Kier molecular flexibility index (Phi) is 3.55. The van der Waals surface area contributed by atoms with Crippen molar-refractivity contribution in [1.82, 2.24) is 0 Å². The fourth-order valence-corrected chi connectivity index (χ4v) is 8.78. The molecule has 1 aliphatic heterocycles. The van der Waals surface area contributed by atoms with E-state index in [2.05, 4.69) is 13.8 Å². The number of aliphatic hydroxyl groups is 2. The van der Waals surface area contributed by atoms with E-state index in [4.69, 9.17) is 9.15 Å². The molecular formula is C24H32O5. The Morgan fingerprint density at radius 2 is 1.83 bits per heavy atom. The third-order valence-corrected chi connectivity index (χ3v) is 10.3. The zero-order valence-corrected chi connectivity index (χ0v) is 17.4. The van der Waals surface area contributed by atoms with Crippen molar-refractivity contribution in [3.05, 3.63) is 34.4 Å². The number of fused-ring (bicyclic) bond motifs is 3. The minimum absolute atomic E-state index is 0.0205. The minimum atomic E-state index is -0.753. The lowest BCUT2D eigenvalue weighted by Crippen LogP contribution is -2.65. The standard InChI is InChI=1S/C24H32O5/c1-21-7-3-15(25)13-23(21,27)9-5-17-16(21)4-8-22(2)18(12-19-24(17,22)29-19)14-6-10-28-20(26)11-14/h6,10-11,15-19,25,27H,3-5,7-9,12-13H2,1-2H3/t15-,16?,17?,18+,19?,21+,22+,23-,24?/m0/s1. The van der Waals surface area contributed by atoms with Gasteiger partial charge in [-0.2, -0.15) is 0 Å². The van der Waals surface area contributed by atoms with E-state index in [1.807, 2.05) is 6.07 Å². The van der Waals surface area contributed by atoms with E-state index < -0.39 is 5.60 Å². The van der Waals surface area contributed by atoms with E-state index in [1.54, 1.807) is 6.07 Å². The average molecular weight is 401 g/mol. The third kappa shape index (κ3) is 2.10. The fraction of sp³-hybridized carbons (Fsp3) is 0.792. The van der Waals surface area contributed by atoms with Gasteiger partial charge in [0.25, 0.3) is 0 Å². The van der Waals surface area contributed by atoms with E-state index >= 15 is 0 Å². The largest absolute Gasteiger partial charge is 0.431 e. The van der Waals surface area contributed by atoms with Crippen LogP contribution in [0, 0.1) is 22.7 Å². The molecule has 0 bridgehead atoms. The number of hydrogen-bond donors (Lipinski definition) is 2. The molecule has 158 valence electrons. The maximum Gasteiger partial charge on any atom is 0.335 e. The lowest BCUT2D eigenvalue weighted by molar-refractivity contribution is -0.223. The first-order valence-electron chi connectivity index (χ1n) is 11.4. The molecule has 4 saturated carbocycles. The lowest BCUT2D eigenvalue weighted by atomic mass is 9.42. The van der Waals surface area contributed by atoms with E-state index in [-0.39, 0.29) is 34.3 Å². The van der Waals surface area contributed by atoms with E-state index in [0.29, 0.717) is 24.2 Å².